The Morgan fingerprint density at radius 1 is 0.409 bits per heavy atom. The van der Waals surface area contributed by atoms with E-state index >= 15 is 0 Å². The predicted octanol–water partition coefficient (Wildman–Crippen LogP) is 15.8. The number of benzene rings is 1. The molecule has 127 heavy (non-hydrogen) atoms. The summed E-state index contributed by atoms with van der Waals surface area (Å²) in [6.07, 6.45) is 8.21. The third-order valence-corrected chi connectivity index (χ3v) is 24.5. The smallest absolute Gasteiger partial charge is 0.444 e. The molecule has 5 amide bonds. The Bertz CT molecular complexity index is 4530. The van der Waals surface area contributed by atoms with Gasteiger partial charge >= 0.3 is 99.2 Å². The van der Waals surface area contributed by atoms with Crippen molar-refractivity contribution in [3.63, 3.8) is 0 Å². The van der Waals surface area contributed by atoms with Crippen molar-refractivity contribution in [3.8, 4) is 0 Å². The molecule has 4 fully saturated rings. The van der Waals surface area contributed by atoms with E-state index in [0.29, 0.717) is 38.9 Å². The molecule has 8 aliphatic rings. The van der Waals surface area contributed by atoms with Gasteiger partial charge in [0.25, 0.3) is 0 Å². The molecule has 1 aromatic rings. The number of anilines is 1. The number of Topliss-reactive ketones (excluding diaryl/α,β-unsaturated/α-hetero) is 1. The van der Waals surface area contributed by atoms with E-state index in [2.05, 4.69) is 14.4 Å². The van der Waals surface area contributed by atoms with Crippen LogP contribution in [0.25, 0.3) is 0 Å². The van der Waals surface area contributed by atoms with E-state index < -0.39 is 139 Å². The molecule has 8 heterocycles. The van der Waals surface area contributed by atoms with Crippen LogP contribution in [0.1, 0.15) is 238 Å². The highest BCUT2D eigenvalue weighted by atomic mass is 32.3. The Morgan fingerprint density at radius 3 is 1.10 bits per heavy atom. The van der Waals surface area contributed by atoms with E-state index in [-0.39, 0.29) is 96.6 Å². The van der Waals surface area contributed by atoms with Crippen molar-refractivity contribution < 1.29 is 162 Å². The number of para-hydroxylation sites is 1. The van der Waals surface area contributed by atoms with Crippen LogP contribution in [0.5, 0.6) is 0 Å². The number of rotatable bonds is 9. The highest BCUT2D eigenvalue weighted by Crippen LogP contribution is 2.43. The van der Waals surface area contributed by atoms with Crippen LogP contribution in [0.4, 0.5) is 69.2 Å². The van der Waals surface area contributed by atoms with Crippen LogP contribution >= 0.6 is 0 Å². The van der Waals surface area contributed by atoms with E-state index in [1.165, 1.54) is 36.9 Å². The standard InChI is InChI=1S/2C16H28BNO4.2C11H16F3NO5S.C10H17NO3.C8H8F3NO4S2.C6H12BO2/c2*1-14(2,3)20-13(19)18-10-8-9-12(11-18)17-21-15(4,5)16(6,7)22-17;2*1-10(2,3)19-9(16)15-6-4-5-8(7-15)20-21(17,18)11(12,13)14;1-10(2,3)14-9(13)11-6-4-5-8(12)7-11;1-17(13,14)12(7-5-3-2-4-6-7)18(15,16)8(9,10)11;1-5(2)6(3,4)9-7-8-5/h11H,8-10H2,1-7H3;9H,8,10-11H2,1-7H3;7H,4-6H2,1-3H3;5H,4,6-7H2,1-3H3;4-7H2,1-3H3;2-6H,1H3;1-4H3. The molecule has 0 atom stereocenters. The van der Waals surface area contributed by atoms with Crippen LogP contribution in [0.3, 0.4) is 0 Å². The van der Waals surface area contributed by atoms with E-state index in [0.717, 1.165) is 64.8 Å². The molecule has 1 radical (unpaired) electrons. The van der Waals surface area contributed by atoms with E-state index in [9.17, 15) is 102 Å². The highest BCUT2D eigenvalue weighted by molar-refractivity contribution is 8.10. The fraction of sp³-hybridized carbons (Fsp3) is 0.744. The summed E-state index contributed by atoms with van der Waals surface area (Å²) >= 11 is 0. The molecule has 4 saturated heterocycles. The molecular weight excluding hydrogens is 1780 g/mol. The lowest BCUT2D eigenvalue weighted by molar-refractivity contribution is -0.122. The van der Waals surface area contributed by atoms with Gasteiger partial charge in [-0.15, -0.1) is 0 Å². The van der Waals surface area contributed by atoms with Gasteiger partial charge < -0.3 is 74.7 Å². The second-order valence-electron chi connectivity index (χ2n) is 38.0. The Kier molecular flexibility index (Phi) is 38.1. The van der Waals surface area contributed by atoms with Crippen LogP contribution in [-0.2, 0) is 105 Å². The third-order valence-electron chi connectivity index (χ3n) is 19.1. The Hall–Kier alpha value is -7.28. The molecule has 0 saturated carbocycles. The van der Waals surface area contributed by atoms with Crippen molar-refractivity contribution >= 4 is 104 Å². The van der Waals surface area contributed by atoms with Crippen molar-refractivity contribution in [3.05, 3.63) is 77.3 Å². The fourth-order valence-corrected chi connectivity index (χ4v) is 14.5. The second-order valence-corrected chi connectivity index (χ2v) is 44.9. The monoisotopic (exact) mass is 1910 g/mol. The third kappa shape index (κ3) is 36.1. The number of nitrogens with zero attached hydrogens (tertiary/aromatic N) is 6. The maximum absolute atomic E-state index is 12.4. The van der Waals surface area contributed by atoms with Crippen molar-refractivity contribution in [2.24, 2.45) is 0 Å². The number of amides is 5. The minimum Gasteiger partial charge on any atom is -0.444 e. The molecule has 0 unspecified atom stereocenters. The normalized spacial score (nSPS) is 20.1. The molecule has 0 spiro atoms. The number of hydrogen-bond donors (Lipinski definition) is 0. The number of ether oxygens (including phenoxy) is 5. The largest absolute Gasteiger partial charge is 0.534 e. The predicted molar refractivity (Wildman–Crippen MR) is 453 cm³/mol. The molecule has 0 aliphatic carbocycles. The first-order valence-corrected chi connectivity index (χ1v) is 46.4. The van der Waals surface area contributed by atoms with Crippen molar-refractivity contribution in [2.45, 2.75) is 316 Å². The minimum absolute atomic E-state index is 0.0192. The van der Waals surface area contributed by atoms with Gasteiger partial charge in [-0.2, -0.15) is 68.5 Å². The Labute approximate surface area is 742 Å². The molecule has 0 N–H and O–H groups in total. The molecule has 49 heteroatoms. The fourth-order valence-electron chi connectivity index (χ4n) is 10.7. The quantitative estimate of drug-likeness (QED) is 0.0728. The second kappa shape index (κ2) is 42.5. The number of allylic oxidation sites excluding steroid dienone is 2. The number of carbonyl (C=O) groups is 6. The number of likely N-dealkylation sites (tertiary alicyclic amines) is 1. The summed E-state index contributed by atoms with van der Waals surface area (Å²) in [5, 5.41) is 0. The zero-order valence-electron chi connectivity index (χ0n) is 77.5. The first-order chi connectivity index (χ1) is 56.8. The van der Waals surface area contributed by atoms with Gasteiger partial charge in [0.15, 0.2) is 5.78 Å². The van der Waals surface area contributed by atoms with Crippen LogP contribution in [0, 0.1) is 0 Å². The molecule has 0 aromatic heterocycles. The molecule has 1 aromatic carbocycles. The summed E-state index contributed by atoms with van der Waals surface area (Å²) in [6.45, 7) is 53.4. The van der Waals surface area contributed by atoms with Gasteiger partial charge in [0.2, 0.25) is 10.0 Å². The maximum Gasteiger partial charge on any atom is 0.534 e. The molecule has 9 rings (SSSR count). The number of ketones is 1. The Morgan fingerprint density at radius 2 is 0.748 bits per heavy atom. The van der Waals surface area contributed by atoms with E-state index in [1.807, 2.05) is 152 Å². The van der Waals surface area contributed by atoms with Gasteiger partial charge in [-0.05, 0) is 255 Å². The van der Waals surface area contributed by atoms with E-state index in [4.69, 9.17) is 51.6 Å². The van der Waals surface area contributed by atoms with Crippen LogP contribution < -0.4 is 3.71 Å². The number of sulfonamides is 2. The molecule has 33 nitrogen and oxygen atoms in total. The molecule has 0 bridgehead atoms. The van der Waals surface area contributed by atoms with Gasteiger partial charge in [-0.3, -0.25) is 14.6 Å². The van der Waals surface area contributed by atoms with Gasteiger partial charge in [-0.25, -0.2) is 32.4 Å². The van der Waals surface area contributed by atoms with Crippen LogP contribution in [-0.4, -0.2) is 253 Å². The SMILES string of the molecule is CC(C)(C)OC(=O)N1C=C(B2OC(C)(C)C(C)(C)O2)CCC1.CC(C)(C)OC(=O)N1C=C(OS(=O)(=O)C(F)(F)F)CCC1.CC(C)(C)OC(=O)N1CCC=C(B2OC(C)(C)C(C)(C)O2)C1.CC(C)(C)OC(=O)N1CCC=C(OS(=O)(=O)C(F)(F)F)C1.CC(C)(C)OC(=O)N1CCCC(=O)C1.CC1(C)O[B]OC1(C)C.CS(=O)(=O)N(c1ccccc1)S(=O)(=O)C(F)(F)F. The van der Waals surface area contributed by atoms with Crippen molar-refractivity contribution in [1.29, 1.82) is 0 Å². The average molecular weight is 1910 g/mol. The Balaban J connectivity index is 0.000000387. The molecule has 8 aliphatic heterocycles. The summed E-state index contributed by atoms with van der Waals surface area (Å²) < 4.78 is 267. The van der Waals surface area contributed by atoms with Crippen molar-refractivity contribution in [2.75, 3.05) is 62.3 Å². The zero-order chi connectivity index (χ0) is 98.5. The van der Waals surface area contributed by atoms with Crippen molar-refractivity contribution in [1.82, 2.24) is 24.5 Å². The topological polar surface area (TPSA) is 378 Å². The summed E-state index contributed by atoms with van der Waals surface area (Å²) in [4.78, 5) is 77.4. The van der Waals surface area contributed by atoms with Gasteiger partial charge in [0, 0.05) is 64.5 Å². The lowest BCUT2D eigenvalue weighted by atomic mass is 9.75. The summed E-state index contributed by atoms with van der Waals surface area (Å²) in [5.74, 6) is -0.795. The number of alkyl halides is 9. The minimum atomic E-state index is -6.00. The first-order valence-electron chi connectivity index (χ1n) is 40.3. The van der Waals surface area contributed by atoms with Crippen LogP contribution in [0.2, 0.25) is 0 Å². The first kappa shape index (κ1) is 114. The summed E-state index contributed by atoms with van der Waals surface area (Å²) in [6, 6.07) is 5.75. The lowest BCUT2D eigenvalue weighted by Gasteiger charge is -2.32. The maximum atomic E-state index is 12.4. The lowest BCUT2D eigenvalue weighted by Crippen LogP contribution is -2.44. The average Bonchev–Trinajstić information content (AvgIpc) is 1.55. The number of halogens is 9. The van der Waals surface area contributed by atoms with Gasteiger partial charge in [0.1, 0.15) is 39.5 Å². The summed E-state index contributed by atoms with van der Waals surface area (Å²) in [7, 11) is -21.5. The number of hydrogen-bond acceptors (Lipinski definition) is 27. The number of piperidine rings is 1. The van der Waals surface area contributed by atoms with Gasteiger partial charge in [-0.1, -0.05) is 24.3 Å². The van der Waals surface area contributed by atoms with Gasteiger partial charge in [0.05, 0.1) is 58.6 Å². The molecule has 725 valence electrons. The van der Waals surface area contributed by atoms with E-state index in [1.54, 1.807) is 51.3 Å². The summed E-state index contributed by atoms with van der Waals surface area (Å²) in [5.41, 5.74) is -20.2. The molecular formula is C78H125B3F9N6O27S4. The number of carbonyl (C=O) groups excluding carboxylic acids is 6. The van der Waals surface area contributed by atoms with Crippen LogP contribution in [0.15, 0.2) is 77.3 Å². The zero-order valence-corrected chi connectivity index (χ0v) is 80.7. The highest BCUT2D eigenvalue weighted by Gasteiger charge is 2.57.